The first-order chi connectivity index (χ1) is 25.9. The Hall–Kier alpha value is -5.52. The smallest absolute Gasteiger partial charge is 0.0973 e. The minimum atomic E-state index is 0.578. The van der Waals surface area contributed by atoms with Gasteiger partial charge in [-0.2, -0.15) is 0 Å². The molecule has 5 aromatic carbocycles. The summed E-state index contributed by atoms with van der Waals surface area (Å²) in [5, 5.41) is 0. The van der Waals surface area contributed by atoms with Crippen LogP contribution in [0.2, 0.25) is 0 Å². The highest BCUT2D eigenvalue weighted by Crippen LogP contribution is 2.36. The van der Waals surface area contributed by atoms with E-state index in [1.165, 1.54) is 70.6 Å². The lowest BCUT2D eigenvalue weighted by Crippen LogP contribution is -2.17. The van der Waals surface area contributed by atoms with Gasteiger partial charge in [-0.3, -0.25) is 0 Å². The van der Waals surface area contributed by atoms with E-state index >= 15 is 0 Å². The second kappa shape index (κ2) is 18.3. The fraction of sp³-hybridized carbons (Fsp3) is 0.255. The van der Waals surface area contributed by atoms with Crippen molar-refractivity contribution in [1.29, 1.82) is 0 Å². The summed E-state index contributed by atoms with van der Waals surface area (Å²) >= 11 is 0. The van der Waals surface area contributed by atoms with Crippen LogP contribution in [0.3, 0.4) is 0 Å². The van der Waals surface area contributed by atoms with Crippen molar-refractivity contribution in [2.24, 2.45) is 5.92 Å². The summed E-state index contributed by atoms with van der Waals surface area (Å²) in [7, 11) is 0. The van der Waals surface area contributed by atoms with Crippen molar-refractivity contribution in [2.45, 2.75) is 79.6 Å². The van der Waals surface area contributed by atoms with Crippen molar-refractivity contribution in [3.8, 4) is 0 Å². The lowest BCUT2D eigenvalue weighted by Gasteiger charge is -2.29. The van der Waals surface area contributed by atoms with E-state index in [-0.39, 0.29) is 0 Å². The fourth-order valence-electron chi connectivity index (χ4n) is 6.93. The summed E-state index contributed by atoms with van der Waals surface area (Å²) in [6, 6.07) is 46.3. The van der Waals surface area contributed by atoms with Gasteiger partial charge in [-0.05, 0) is 162 Å². The SMILES string of the molecule is CCCC(/C=C/c1ccc(N(c2c#cc(C)cc2)c2ccc(C)cc2)cc1)CCC/C=C/c1ccc(N(C2=CC=C(C)CC2)c2ccc(C)cc2)cc1. The van der Waals surface area contributed by atoms with Crippen LogP contribution >= 0.6 is 0 Å². The molecule has 0 amide bonds. The highest BCUT2D eigenvalue weighted by Gasteiger charge is 2.17. The van der Waals surface area contributed by atoms with E-state index in [2.05, 4.69) is 202 Å². The van der Waals surface area contributed by atoms with Gasteiger partial charge >= 0.3 is 0 Å². The Kier molecular flexibility index (Phi) is 12.9. The third-order valence-electron chi connectivity index (χ3n) is 10.1. The number of rotatable bonds is 15. The molecule has 0 bridgehead atoms. The molecule has 0 saturated heterocycles. The predicted molar refractivity (Wildman–Crippen MR) is 229 cm³/mol. The van der Waals surface area contributed by atoms with Crippen LogP contribution in [0, 0.1) is 38.8 Å². The van der Waals surface area contributed by atoms with Crippen LogP contribution in [0.4, 0.5) is 28.4 Å². The van der Waals surface area contributed by atoms with E-state index in [1.54, 1.807) is 0 Å². The van der Waals surface area contributed by atoms with E-state index in [0.717, 1.165) is 41.9 Å². The molecule has 1 aliphatic rings. The van der Waals surface area contributed by atoms with Gasteiger partial charge in [0.05, 0.1) is 5.69 Å². The molecule has 1 atom stereocenters. The molecule has 53 heavy (non-hydrogen) atoms. The number of allylic oxidation sites excluding steroid dienone is 6. The maximum Gasteiger partial charge on any atom is 0.0973 e. The first-order valence-electron chi connectivity index (χ1n) is 19.4. The minimum absolute atomic E-state index is 0.578. The van der Waals surface area contributed by atoms with Crippen molar-refractivity contribution in [3.05, 3.63) is 185 Å². The zero-order chi connectivity index (χ0) is 37.0. The van der Waals surface area contributed by atoms with Crippen molar-refractivity contribution < 1.29 is 0 Å². The zero-order valence-electron chi connectivity index (χ0n) is 32.3. The third-order valence-corrected chi connectivity index (χ3v) is 10.1. The molecule has 1 unspecified atom stereocenters. The topological polar surface area (TPSA) is 6.48 Å². The monoisotopic (exact) mass is 694 g/mol. The van der Waals surface area contributed by atoms with Gasteiger partial charge in [0, 0.05) is 28.4 Å². The number of nitrogens with zero attached hydrogens (tertiary/aromatic N) is 2. The van der Waals surface area contributed by atoms with Gasteiger partial charge in [0.1, 0.15) is 0 Å². The van der Waals surface area contributed by atoms with Gasteiger partial charge in [-0.15, -0.1) is 0 Å². The first-order valence-corrected chi connectivity index (χ1v) is 19.4. The quantitative estimate of drug-likeness (QED) is 0.101. The average Bonchev–Trinajstić information content (AvgIpc) is 3.18. The second-order valence-corrected chi connectivity index (χ2v) is 14.6. The normalized spacial score (nSPS) is 13.5. The summed E-state index contributed by atoms with van der Waals surface area (Å²) < 4.78 is 0. The molecule has 0 saturated carbocycles. The van der Waals surface area contributed by atoms with E-state index in [4.69, 9.17) is 0 Å². The number of hydrogen-bond donors (Lipinski definition) is 0. The van der Waals surface area contributed by atoms with Crippen molar-refractivity contribution in [3.63, 3.8) is 0 Å². The molecule has 1 aliphatic carbocycles. The van der Waals surface area contributed by atoms with Crippen molar-refractivity contribution >= 4 is 40.6 Å². The molecule has 0 N–H and O–H groups in total. The number of aryl methyl sites for hydroxylation is 3. The standard InChI is InChI=1S/C51H54N2/c1-6-10-43(21-22-45-25-37-51(38-26-45)53(48-31-17-41(4)18-32-48)49-33-19-42(5)20-34-49)11-8-7-9-12-44-23-35-50(36-24-44)52(46-27-13-39(2)14-28-46)47-29-15-40(3)16-30-47/h9,12-15,17-19,21-29,31-33,35-38,43H,6-8,10-11,16,30H2,1-5H3/b12-9+,22-21+. The molecule has 0 spiro atoms. The Bertz CT molecular complexity index is 1960. The van der Waals surface area contributed by atoms with Gasteiger partial charge in [0.25, 0.3) is 0 Å². The van der Waals surface area contributed by atoms with Crippen LogP contribution in [-0.4, -0.2) is 0 Å². The van der Waals surface area contributed by atoms with E-state index in [1.807, 2.05) is 0 Å². The summed E-state index contributed by atoms with van der Waals surface area (Å²) in [4.78, 5) is 4.66. The Morgan fingerprint density at radius 2 is 1.15 bits per heavy atom. The molecule has 2 heteroatoms. The van der Waals surface area contributed by atoms with E-state index < -0.39 is 0 Å². The summed E-state index contributed by atoms with van der Waals surface area (Å²) in [6.07, 6.45) is 21.9. The van der Waals surface area contributed by atoms with Crippen molar-refractivity contribution in [1.82, 2.24) is 0 Å². The molecule has 268 valence electrons. The Morgan fingerprint density at radius 3 is 1.68 bits per heavy atom. The lowest BCUT2D eigenvalue weighted by molar-refractivity contribution is 0.520. The average molecular weight is 695 g/mol. The van der Waals surface area contributed by atoms with Gasteiger partial charge < -0.3 is 9.80 Å². The van der Waals surface area contributed by atoms with Crippen LogP contribution in [0.25, 0.3) is 12.2 Å². The predicted octanol–water partition coefficient (Wildman–Crippen LogP) is 14.8. The van der Waals surface area contributed by atoms with Gasteiger partial charge in [-0.1, -0.05) is 115 Å². The van der Waals surface area contributed by atoms with Crippen LogP contribution in [-0.2, 0) is 0 Å². The van der Waals surface area contributed by atoms with Gasteiger partial charge in [0.2, 0.25) is 0 Å². The van der Waals surface area contributed by atoms with Crippen LogP contribution in [0.15, 0.2) is 145 Å². The molecule has 2 nitrogen and oxygen atoms in total. The Labute approximate surface area is 319 Å². The van der Waals surface area contributed by atoms with E-state index in [0.29, 0.717) is 5.92 Å². The molecular weight excluding hydrogens is 641 g/mol. The summed E-state index contributed by atoms with van der Waals surface area (Å²) in [5.74, 6) is 0.578. The summed E-state index contributed by atoms with van der Waals surface area (Å²) in [5.41, 5.74) is 14.5. The van der Waals surface area contributed by atoms with E-state index in [9.17, 15) is 0 Å². The summed E-state index contributed by atoms with van der Waals surface area (Å²) in [6.45, 7) is 10.8. The maximum absolute atomic E-state index is 3.36. The molecule has 0 fully saturated rings. The van der Waals surface area contributed by atoms with Crippen LogP contribution in [0.1, 0.15) is 86.6 Å². The zero-order valence-corrected chi connectivity index (χ0v) is 32.3. The third kappa shape index (κ3) is 10.3. The molecule has 0 aromatic heterocycles. The lowest BCUT2D eigenvalue weighted by atomic mass is 9.95. The van der Waals surface area contributed by atoms with Gasteiger partial charge in [-0.25, -0.2) is 0 Å². The molecular formula is C51H54N2. The Morgan fingerprint density at radius 1 is 0.585 bits per heavy atom. The molecule has 5 aromatic rings. The largest absolute Gasteiger partial charge is 0.314 e. The first kappa shape index (κ1) is 37.2. The van der Waals surface area contributed by atoms with Crippen LogP contribution in [0.5, 0.6) is 0 Å². The highest BCUT2D eigenvalue weighted by atomic mass is 15.2. The van der Waals surface area contributed by atoms with Crippen LogP contribution < -0.4 is 9.80 Å². The molecule has 0 aliphatic heterocycles. The van der Waals surface area contributed by atoms with Gasteiger partial charge in [0.15, 0.2) is 0 Å². The number of unbranched alkanes of at least 4 members (excludes halogenated alkanes) is 1. The number of anilines is 5. The molecule has 0 heterocycles. The maximum atomic E-state index is 3.36. The Balaban J connectivity index is 1.05. The number of hydrogen-bond acceptors (Lipinski definition) is 2. The highest BCUT2D eigenvalue weighted by molar-refractivity contribution is 5.76. The second-order valence-electron chi connectivity index (χ2n) is 14.6. The van der Waals surface area contributed by atoms with Crippen molar-refractivity contribution in [2.75, 3.05) is 9.80 Å². The molecule has 6 rings (SSSR count). The minimum Gasteiger partial charge on any atom is -0.314 e. The molecule has 0 radical (unpaired) electrons. The fourth-order valence-corrected chi connectivity index (χ4v) is 6.93. The number of benzene rings is 4.